The van der Waals surface area contributed by atoms with Gasteiger partial charge in [-0.2, -0.15) is 5.10 Å². The van der Waals surface area contributed by atoms with Gasteiger partial charge in [0.05, 0.1) is 17.2 Å². The first-order chi connectivity index (χ1) is 18.5. The molecule has 0 radical (unpaired) electrons. The maximum atomic E-state index is 13.5. The van der Waals surface area contributed by atoms with Crippen molar-refractivity contribution in [1.29, 1.82) is 0 Å². The van der Waals surface area contributed by atoms with E-state index in [9.17, 15) is 4.79 Å². The summed E-state index contributed by atoms with van der Waals surface area (Å²) >= 11 is 7.04. The van der Waals surface area contributed by atoms with Gasteiger partial charge in [0, 0.05) is 23.9 Å². The summed E-state index contributed by atoms with van der Waals surface area (Å²) in [6, 6.07) is 18.0. The van der Waals surface area contributed by atoms with Crippen LogP contribution < -0.4 is 4.74 Å². The number of para-hydroxylation sites is 1. The van der Waals surface area contributed by atoms with Gasteiger partial charge in [-0.1, -0.05) is 101 Å². The molecule has 1 atom stereocenters. The second kappa shape index (κ2) is 13.8. The van der Waals surface area contributed by atoms with Crippen molar-refractivity contribution in [3.05, 3.63) is 71.3 Å². The highest BCUT2D eigenvalue weighted by Gasteiger charge is 2.33. The average molecular weight is 548 g/mol. The third kappa shape index (κ3) is 6.94. The van der Waals surface area contributed by atoms with Crippen LogP contribution in [-0.2, 0) is 4.79 Å². The van der Waals surface area contributed by atoms with Crippen molar-refractivity contribution in [1.82, 2.24) is 14.7 Å². The number of benzene rings is 2. The number of carbonyl (C=O) groups excluding carboxylic acids is 1. The first-order valence-electron chi connectivity index (χ1n) is 13.7. The van der Waals surface area contributed by atoms with E-state index in [-0.39, 0.29) is 5.91 Å². The molecule has 0 saturated carbocycles. The Balaban J connectivity index is 1.67. The molecular formula is C31H37N3O2S2. The van der Waals surface area contributed by atoms with Gasteiger partial charge >= 0.3 is 0 Å². The highest BCUT2D eigenvalue weighted by molar-refractivity contribution is 8.26. The average Bonchev–Trinajstić information content (AvgIpc) is 3.48. The lowest BCUT2D eigenvalue weighted by atomic mass is 9.99. The second-order valence-corrected chi connectivity index (χ2v) is 11.3. The molecule has 1 aliphatic rings. The zero-order valence-corrected chi connectivity index (χ0v) is 24.2. The van der Waals surface area contributed by atoms with Gasteiger partial charge in [-0.25, -0.2) is 4.68 Å². The Morgan fingerprint density at radius 3 is 2.58 bits per heavy atom. The van der Waals surface area contributed by atoms with E-state index in [0.717, 1.165) is 60.4 Å². The number of aromatic nitrogens is 2. The van der Waals surface area contributed by atoms with Crippen LogP contribution in [0.4, 0.5) is 0 Å². The lowest BCUT2D eigenvalue weighted by Gasteiger charge is -2.21. The number of thiocarbonyl (C=S) groups is 1. The largest absolute Gasteiger partial charge is 0.494 e. The minimum atomic E-state index is -0.00925. The van der Waals surface area contributed by atoms with Gasteiger partial charge in [-0.3, -0.25) is 9.69 Å². The molecule has 3 aromatic rings. The fraction of sp³-hybridized carbons (Fsp3) is 0.387. The van der Waals surface area contributed by atoms with Gasteiger partial charge in [-0.15, -0.1) is 0 Å². The number of unbranched alkanes of at least 4 members (excludes halogenated alkanes) is 2. The summed E-state index contributed by atoms with van der Waals surface area (Å²) in [6.45, 7) is 7.92. The molecule has 0 aliphatic carbocycles. The van der Waals surface area contributed by atoms with E-state index >= 15 is 0 Å². The molecule has 1 amide bonds. The van der Waals surface area contributed by atoms with E-state index < -0.39 is 0 Å². The van der Waals surface area contributed by atoms with Crippen molar-refractivity contribution in [3.8, 4) is 22.7 Å². The maximum Gasteiger partial charge on any atom is 0.266 e. The summed E-state index contributed by atoms with van der Waals surface area (Å²) in [6.07, 6.45) is 10.5. The van der Waals surface area contributed by atoms with Crippen LogP contribution in [0.25, 0.3) is 23.0 Å². The van der Waals surface area contributed by atoms with Crippen molar-refractivity contribution < 1.29 is 9.53 Å². The first-order valence-corrected chi connectivity index (χ1v) is 14.9. The summed E-state index contributed by atoms with van der Waals surface area (Å²) in [5.41, 5.74) is 3.58. The van der Waals surface area contributed by atoms with Crippen LogP contribution in [-0.4, -0.2) is 38.1 Å². The minimum Gasteiger partial charge on any atom is -0.494 e. The third-order valence-corrected chi connectivity index (χ3v) is 8.16. The fourth-order valence-electron chi connectivity index (χ4n) is 4.47. The molecule has 1 fully saturated rings. The van der Waals surface area contributed by atoms with E-state index in [4.69, 9.17) is 22.1 Å². The Labute approximate surface area is 236 Å². The normalized spacial score (nSPS) is 15.4. The Bertz CT molecular complexity index is 1270. The van der Waals surface area contributed by atoms with Gasteiger partial charge in [0.25, 0.3) is 5.91 Å². The minimum absolute atomic E-state index is 0.00925. The van der Waals surface area contributed by atoms with Crippen LogP contribution in [0.1, 0.15) is 64.9 Å². The summed E-state index contributed by atoms with van der Waals surface area (Å²) in [7, 11) is 0. The number of thioether (sulfide) groups is 1. The molecule has 7 heteroatoms. The number of nitrogens with zero attached hydrogens (tertiary/aromatic N) is 3. The number of carbonyl (C=O) groups is 1. The van der Waals surface area contributed by atoms with Crippen LogP contribution in [0.3, 0.4) is 0 Å². The summed E-state index contributed by atoms with van der Waals surface area (Å²) in [5.74, 6) is 1.27. The van der Waals surface area contributed by atoms with Crippen LogP contribution in [0, 0.1) is 5.92 Å². The molecule has 38 heavy (non-hydrogen) atoms. The van der Waals surface area contributed by atoms with Crippen molar-refractivity contribution in [2.24, 2.45) is 5.92 Å². The van der Waals surface area contributed by atoms with Crippen LogP contribution in [0.2, 0.25) is 0 Å². The molecule has 1 aliphatic heterocycles. The van der Waals surface area contributed by atoms with Gasteiger partial charge in [0.15, 0.2) is 0 Å². The van der Waals surface area contributed by atoms with Gasteiger partial charge in [0.1, 0.15) is 15.8 Å². The quantitative estimate of drug-likeness (QED) is 0.123. The zero-order valence-electron chi connectivity index (χ0n) is 22.6. The van der Waals surface area contributed by atoms with E-state index in [2.05, 4.69) is 20.8 Å². The first kappa shape index (κ1) is 28.1. The Morgan fingerprint density at radius 2 is 1.84 bits per heavy atom. The number of ether oxygens (including phenoxy) is 1. The lowest BCUT2D eigenvalue weighted by molar-refractivity contribution is -0.122. The predicted molar refractivity (Wildman–Crippen MR) is 163 cm³/mol. The summed E-state index contributed by atoms with van der Waals surface area (Å²) < 4.78 is 8.47. The lowest BCUT2D eigenvalue weighted by Crippen LogP contribution is -2.33. The van der Waals surface area contributed by atoms with E-state index in [1.165, 1.54) is 18.2 Å². The Morgan fingerprint density at radius 1 is 1.05 bits per heavy atom. The second-order valence-electron chi connectivity index (χ2n) is 9.65. The highest BCUT2D eigenvalue weighted by Crippen LogP contribution is 2.36. The Kier molecular flexibility index (Phi) is 10.2. The molecule has 1 unspecified atom stereocenters. The molecule has 5 nitrogen and oxygen atoms in total. The van der Waals surface area contributed by atoms with Crippen molar-refractivity contribution in [2.45, 2.75) is 59.3 Å². The molecule has 200 valence electrons. The van der Waals surface area contributed by atoms with Crippen LogP contribution in [0.5, 0.6) is 5.75 Å². The van der Waals surface area contributed by atoms with E-state index in [0.29, 0.717) is 28.3 Å². The molecule has 2 aromatic carbocycles. The molecular weight excluding hydrogens is 510 g/mol. The van der Waals surface area contributed by atoms with Crippen molar-refractivity contribution >= 4 is 40.3 Å². The summed E-state index contributed by atoms with van der Waals surface area (Å²) in [4.78, 5) is 15.9. The monoisotopic (exact) mass is 547 g/mol. The van der Waals surface area contributed by atoms with E-state index in [1.807, 2.05) is 71.6 Å². The summed E-state index contributed by atoms with van der Waals surface area (Å²) in [5, 5.41) is 4.94. The number of hydrogen-bond donors (Lipinski definition) is 0. The third-order valence-electron chi connectivity index (χ3n) is 6.78. The predicted octanol–water partition coefficient (Wildman–Crippen LogP) is 8.14. The SMILES string of the molecule is CCCCOc1cccc(-c2nn(-c3ccccc3)cc2/C=C2\SC(=S)N(CC(CC)CCCC)C2=O)c1. The molecule has 0 N–H and O–H groups in total. The molecule has 0 spiro atoms. The van der Waals surface area contributed by atoms with Gasteiger partial charge in [-0.05, 0) is 49.1 Å². The van der Waals surface area contributed by atoms with E-state index in [1.54, 1.807) is 4.90 Å². The molecule has 2 heterocycles. The van der Waals surface area contributed by atoms with Crippen molar-refractivity contribution in [2.75, 3.05) is 13.2 Å². The molecule has 4 rings (SSSR count). The van der Waals surface area contributed by atoms with Crippen LogP contribution >= 0.6 is 24.0 Å². The standard InChI is InChI=1S/C31H37N3O2S2/c1-4-7-13-23(6-3)21-33-30(35)28(38-31(33)37)20-25-22-34(26-15-10-9-11-16-26)32-29(25)24-14-12-17-27(19-24)36-18-8-5-2/h9-12,14-17,19-20,22-23H,4-8,13,18,21H2,1-3H3/b28-20-. The molecule has 0 bridgehead atoms. The van der Waals surface area contributed by atoms with Gasteiger partial charge in [0.2, 0.25) is 0 Å². The molecule has 1 saturated heterocycles. The smallest absolute Gasteiger partial charge is 0.266 e. The number of amides is 1. The molecule has 1 aromatic heterocycles. The topological polar surface area (TPSA) is 47.4 Å². The van der Waals surface area contributed by atoms with Gasteiger partial charge < -0.3 is 4.74 Å². The number of hydrogen-bond acceptors (Lipinski definition) is 5. The highest BCUT2D eigenvalue weighted by atomic mass is 32.2. The maximum absolute atomic E-state index is 13.5. The zero-order chi connectivity index (χ0) is 26.9. The number of rotatable bonds is 13. The van der Waals surface area contributed by atoms with Crippen LogP contribution in [0.15, 0.2) is 65.7 Å². The van der Waals surface area contributed by atoms with Crippen molar-refractivity contribution in [3.63, 3.8) is 0 Å². The Hall–Kier alpha value is -2.90. The fourth-order valence-corrected chi connectivity index (χ4v) is 5.74.